The number of carbonyl (C=O) groups excluding carboxylic acids is 1. The zero-order valence-electron chi connectivity index (χ0n) is 11.5. The first-order valence-electron chi connectivity index (χ1n) is 5.84. The fourth-order valence-corrected chi connectivity index (χ4v) is 3.40. The van der Waals surface area contributed by atoms with E-state index in [1.165, 1.54) is 12.1 Å². The van der Waals surface area contributed by atoms with Crippen molar-refractivity contribution < 1.29 is 22.3 Å². The second kappa shape index (κ2) is 6.19. The van der Waals surface area contributed by atoms with Crippen molar-refractivity contribution in [1.82, 2.24) is 4.31 Å². The van der Waals surface area contributed by atoms with Gasteiger partial charge in [0.2, 0.25) is 10.0 Å². The Kier molecular flexibility index (Phi) is 5.07. The molecule has 0 unspecified atom stereocenters. The maximum absolute atomic E-state index is 13.8. The lowest BCUT2D eigenvalue weighted by Gasteiger charge is -2.25. The zero-order valence-corrected chi connectivity index (χ0v) is 12.3. The Hall–Kier alpha value is -1.67. The summed E-state index contributed by atoms with van der Waals surface area (Å²) in [5, 5.41) is 0. The molecule has 1 aromatic carbocycles. The molecule has 0 bridgehead atoms. The third kappa shape index (κ3) is 3.26. The molecule has 0 aliphatic heterocycles. The smallest absolute Gasteiger partial charge is 0.321 e. The second-order valence-corrected chi connectivity index (χ2v) is 6.21. The van der Waals surface area contributed by atoms with Crippen LogP contribution >= 0.6 is 0 Å². The number of nitrogen functional groups attached to an aromatic ring is 1. The van der Waals surface area contributed by atoms with Crippen LogP contribution in [0.25, 0.3) is 0 Å². The van der Waals surface area contributed by atoms with Gasteiger partial charge >= 0.3 is 5.97 Å². The number of halogens is 1. The molecule has 0 radical (unpaired) electrons. The Morgan fingerprint density at radius 1 is 1.45 bits per heavy atom. The summed E-state index contributed by atoms with van der Waals surface area (Å²) < 4.78 is 44.0. The lowest BCUT2D eigenvalue weighted by Crippen LogP contribution is -2.41. The Morgan fingerprint density at radius 3 is 2.50 bits per heavy atom. The molecule has 20 heavy (non-hydrogen) atoms. The van der Waals surface area contributed by atoms with Crippen LogP contribution in [0, 0.1) is 5.82 Å². The maximum atomic E-state index is 13.8. The van der Waals surface area contributed by atoms with E-state index in [2.05, 4.69) is 4.74 Å². The Bertz CT molecular complexity index is 581. The molecule has 0 spiro atoms. The van der Waals surface area contributed by atoms with Gasteiger partial charge in [-0.25, -0.2) is 12.8 Å². The minimum atomic E-state index is -4.23. The highest BCUT2D eigenvalue weighted by molar-refractivity contribution is 7.89. The molecular weight excluding hydrogens is 287 g/mol. The van der Waals surface area contributed by atoms with Gasteiger partial charge in [-0.2, -0.15) is 4.31 Å². The van der Waals surface area contributed by atoms with Gasteiger partial charge in [-0.1, -0.05) is 6.07 Å². The van der Waals surface area contributed by atoms with Crippen molar-refractivity contribution >= 4 is 21.7 Å². The van der Waals surface area contributed by atoms with Crippen LogP contribution in [0.5, 0.6) is 0 Å². The van der Waals surface area contributed by atoms with Crippen molar-refractivity contribution in [3.8, 4) is 0 Å². The van der Waals surface area contributed by atoms with Crippen LogP contribution in [0.4, 0.5) is 10.1 Å². The van der Waals surface area contributed by atoms with Crippen LogP contribution in [0.1, 0.15) is 13.8 Å². The van der Waals surface area contributed by atoms with E-state index in [0.717, 1.165) is 17.5 Å². The first-order chi connectivity index (χ1) is 9.21. The minimum absolute atomic E-state index is 0.208. The quantitative estimate of drug-likeness (QED) is 0.647. The van der Waals surface area contributed by atoms with Gasteiger partial charge in [-0.15, -0.1) is 0 Å². The van der Waals surface area contributed by atoms with Gasteiger partial charge in [0.15, 0.2) is 0 Å². The number of anilines is 1. The first-order valence-corrected chi connectivity index (χ1v) is 7.28. The van der Waals surface area contributed by atoms with E-state index < -0.39 is 39.3 Å². The zero-order chi connectivity index (χ0) is 15.5. The molecule has 0 amide bonds. The number of rotatable bonds is 5. The van der Waals surface area contributed by atoms with Crippen molar-refractivity contribution in [1.29, 1.82) is 0 Å². The summed E-state index contributed by atoms with van der Waals surface area (Å²) in [5.41, 5.74) is 5.34. The fraction of sp³-hybridized carbons (Fsp3) is 0.417. The van der Waals surface area contributed by atoms with Crippen molar-refractivity contribution in [2.24, 2.45) is 0 Å². The third-order valence-corrected chi connectivity index (χ3v) is 4.77. The fourth-order valence-electron chi connectivity index (χ4n) is 1.65. The molecule has 1 aromatic rings. The number of benzene rings is 1. The van der Waals surface area contributed by atoms with Crippen molar-refractivity contribution in [3.63, 3.8) is 0 Å². The SMILES string of the molecule is COC(=O)CN(C(C)C)S(=O)(=O)c1c(N)cccc1F. The van der Waals surface area contributed by atoms with Crippen LogP contribution in [0.15, 0.2) is 23.1 Å². The first kappa shape index (κ1) is 16.4. The Balaban J connectivity index is 3.34. The van der Waals surface area contributed by atoms with Gasteiger partial charge in [0.1, 0.15) is 17.3 Å². The van der Waals surface area contributed by atoms with Crippen LogP contribution in [-0.4, -0.2) is 38.4 Å². The van der Waals surface area contributed by atoms with E-state index in [-0.39, 0.29) is 5.69 Å². The summed E-state index contributed by atoms with van der Waals surface area (Å²) >= 11 is 0. The second-order valence-electron chi connectivity index (χ2n) is 4.38. The highest BCUT2D eigenvalue weighted by Crippen LogP contribution is 2.26. The van der Waals surface area contributed by atoms with Gasteiger partial charge in [0.25, 0.3) is 0 Å². The van der Waals surface area contributed by atoms with Gasteiger partial charge < -0.3 is 10.5 Å². The standard InChI is InChI=1S/C12H17FN2O4S/c1-8(2)15(7-11(16)19-3)20(17,18)12-9(13)5-4-6-10(12)14/h4-6,8H,7,14H2,1-3H3. The number of nitrogens with two attached hydrogens (primary N) is 1. The molecule has 2 N–H and O–H groups in total. The lowest BCUT2D eigenvalue weighted by molar-refractivity contribution is -0.141. The predicted octanol–water partition coefficient (Wildman–Crippen LogP) is 0.980. The molecule has 0 aliphatic carbocycles. The molecule has 1 rings (SSSR count). The summed E-state index contributed by atoms with van der Waals surface area (Å²) in [6.45, 7) is 2.62. The summed E-state index contributed by atoms with van der Waals surface area (Å²) in [4.78, 5) is 10.7. The van der Waals surface area contributed by atoms with Crippen molar-refractivity contribution in [2.75, 3.05) is 19.4 Å². The van der Waals surface area contributed by atoms with Crippen molar-refractivity contribution in [2.45, 2.75) is 24.8 Å². The number of hydrogen-bond donors (Lipinski definition) is 1. The number of methoxy groups -OCH3 is 1. The molecule has 112 valence electrons. The molecule has 0 aromatic heterocycles. The molecule has 0 saturated carbocycles. The minimum Gasteiger partial charge on any atom is -0.468 e. The van der Waals surface area contributed by atoms with Crippen LogP contribution in [-0.2, 0) is 19.6 Å². The van der Waals surface area contributed by atoms with E-state index in [9.17, 15) is 17.6 Å². The van der Waals surface area contributed by atoms with Gasteiger partial charge in [-0.3, -0.25) is 4.79 Å². The van der Waals surface area contributed by atoms with E-state index >= 15 is 0 Å². The van der Waals surface area contributed by atoms with Crippen LogP contribution < -0.4 is 5.73 Å². The number of carbonyl (C=O) groups is 1. The summed E-state index contributed by atoms with van der Waals surface area (Å²) in [6.07, 6.45) is 0. The van der Waals surface area contributed by atoms with E-state index in [4.69, 9.17) is 5.73 Å². The van der Waals surface area contributed by atoms with Gasteiger partial charge in [0.05, 0.1) is 12.8 Å². The van der Waals surface area contributed by atoms with Crippen LogP contribution in [0.3, 0.4) is 0 Å². The highest BCUT2D eigenvalue weighted by Gasteiger charge is 2.33. The normalized spacial score (nSPS) is 11.9. The summed E-state index contributed by atoms with van der Waals surface area (Å²) in [5.74, 6) is -1.70. The number of sulfonamides is 1. The molecule has 0 fully saturated rings. The number of hydrogen-bond acceptors (Lipinski definition) is 5. The average Bonchev–Trinajstić information content (AvgIpc) is 2.34. The molecule has 0 aliphatic rings. The van der Waals surface area contributed by atoms with Gasteiger partial charge in [-0.05, 0) is 26.0 Å². The molecule has 8 heteroatoms. The third-order valence-electron chi connectivity index (χ3n) is 2.65. The number of ether oxygens (including phenoxy) is 1. The molecule has 0 saturated heterocycles. The molecular formula is C12H17FN2O4S. The Morgan fingerprint density at radius 2 is 2.05 bits per heavy atom. The van der Waals surface area contributed by atoms with E-state index in [1.807, 2.05) is 0 Å². The average molecular weight is 304 g/mol. The van der Waals surface area contributed by atoms with Crippen molar-refractivity contribution in [3.05, 3.63) is 24.0 Å². The number of esters is 1. The topological polar surface area (TPSA) is 89.7 Å². The number of nitrogens with zero attached hydrogens (tertiary/aromatic N) is 1. The summed E-state index contributed by atoms with van der Waals surface area (Å²) in [7, 11) is -3.09. The maximum Gasteiger partial charge on any atom is 0.321 e. The molecule has 0 heterocycles. The highest BCUT2D eigenvalue weighted by atomic mass is 32.2. The lowest BCUT2D eigenvalue weighted by atomic mass is 10.3. The molecule has 0 atom stereocenters. The van der Waals surface area contributed by atoms with E-state index in [0.29, 0.717) is 0 Å². The molecule has 6 nitrogen and oxygen atoms in total. The van der Waals surface area contributed by atoms with Crippen LogP contribution in [0.2, 0.25) is 0 Å². The van der Waals surface area contributed by atoms with Gasteiger partial charge in [0, 0.05) is 6.04 Å². The predicted molar refractivity (Wildman–Crippen MR) is 71.9 cm³/mol. The largest absolute Gasteiger partial charge is 0.468 e. The Labute approximate surface area is 117 Å². The summed E-state index contributed by atoms with van der Waals surface area (Å²) in [6, 6.07) is 3.04. The monoisotopic (exact) mass is 304 g/mol. The van der Waals surface area contributed by atoms with E-state index in [1.54, 1.807) is 13.8 Å².